The van der Waals surface area contributed by atoms with Gasteiger partial charge in [-0.05, 0) is 18.9 Å². The Morgan fingerprint density at radius 1 is 1.09 bits per heavy atom. The SMILES string of the molecule is Cc1ccc(C(Oc2cc(-c3ccc(CC(N)C(=O)O)cc3)nc(N)n2)C(F)(F)F)cc1. The van der Waals surface area contributed by atoms with Crippen molar-refractivity contribution in [3.63, 3.8) is 0 Å². The summed E-state index contributed by atoms with van der Waals surface area (Å²) in [6, 6.07) is 12.6. The van der Waals surface area contributed by atoms with Crippen LogP contribution in [-0.2, 0) is 11.2 Å². The van der Waals surface area contributed by atoms with Crippen LogP contribution in [0.25, 0.3) is 11.3 Å². The molecule has 0 aliphatic rings. The molecule has 0 aliphatic carbocycles. The van der Waals surface area contributed by atoms with E-state index in [9.17, 15) is 18.0 Å². The molecule has 2 unspecified atom stereocenters. The maximum Gasteiger partial charge on any atom is 0.429 e. The highest BCUT2D eigenvalue weighted by Crippen LogP contribution is 2.37. The smallest absolute Gasteiger partial charge is 0.429 e. The van der Waals surface area contributed by atoms with Crippen molar-refractivity contribution in [3.05, 3.63) is 71.3 Å². The fraction of sp³-hybridized carbons (Fsp3) is 0.227. The molecule has 0 amide bonds. The topological polar surface area (TPSA) is 124 Å². The Morgan fingerprint density at radius 2 is 1.72 bits per heavy atom. The summed E-state index contributed by atoms with van der Waals surface area (Å²) in [5, 5.41) is 8.91. The molecule has 0 fully saturated rings. The van der Waals surface area contributed by atoms with Gasteiger partial charge in [-0.2, -0.15) is 18.2 Å². The van der Waals surface area contributed by atoms with Gasteiger partial charge in [0.05, 0.1) is 5.69 Å². The molecule has 2 aromatic carbocycles. The second-order valence-electron chi connectivity index (χ2n) is 7.25. The van der Waals surface area contributed by atoms with Crippen LogP contribution >= 0.6 is 0 Å². The number of anilines is 1. The first-order valence-electron chi connectivity index (χ1n) is 9.55. The van der Waals surface area contributed by atoms with E-state index in [0.717, 1.165) is 5.56 Å². The van der Waals surface area contributed by atoms with Gasteiger partial charge in [-0.1, -0.05) is 54.1 Å². The van der Waals surface area contributed by atoms with Gasteiger partial charge in [0, 0.05) is 17.2 Å². The molecule has 0 bridgehead atoms. The van der Waals surface area contributed by atoms with E-state index in [1.54, 1.807) is 43.3 Å². The molecule has 5 N–H and O–H groups in total. The van der Waals surface area contributed by atoms with Crippen LogP contribution in [0.5, 0.6) is 5.88 Å². The standard InChI is InChI=1S/C22H21F3N4O3/c1-12-2-6-15(7-3-12)19(22(23,24)25)32-18-11-17(28-21(27)29-18)14-8-4-13(5-9-14)10-16(26)20(30)31/h2-9,11,16,19H,10,26H2,1H3,(H,30,31)(H2,27,28,29). The number of benzene rings is 2. The molecule has 0 saturated heterocycles. The molecule has 0 aliphatic heterocycles. The van der Waals surface area contributed by atoms with Gasteiger partial charge in [0.2, 0.25) is 17.9 Å². The number of aromatic nitrogens is 2. The van der Waals surface area contributed by atoms with Gasteiger partial charge in [0.25, 0.3) is 0 Å². The zero-order chi connectivity index (χ0) is 23.5. The number of nitrogens with two attached hydrogens (primary N) is 2. The van der Waals surface area contributed by atoms with Crippen molar-refractivity contribution in [2.24, 2.45) is 5.73 Å². The second-order valence-corrected chi connectivity index (χ2v) is 7.25. The van der Waals surface area contributed by atoms with E-state index in [2.05, 4.69) is 9.97 Å². The van der Waals surface area contributed by atoms with E-state index >= 15 is 0 Å². The number of carbonyl (C=O) groups is 1. The van der Waals surface area contributed by atoms with Crippen LogP contribution in [0.1, 0.15) is 22.8 Å². The van der Waals surface area contributed by atoms with Crippen molar-refractivity contribution in [3.8, 4) is 17.1 Å². The van der Waals surface area contributed by atoms with Crippen LogP contribution in [0.4, 0.5) is 19.1 Å². The number of nitrogens with zero attached hydrogens (tertiary/aromatic N) is 2. The van der Waals surface area contributed by atoms with Crippen molar-refractivity contribution in [1.29, 1.82) is 0 Å². The number of hydrogen-bond donors (Lipinski definition) is 3. The molecule has 7 nitrogen and oxygen atoms in total. The zero-order valence-electron chi connectivity index (χ0n) is 17.0. The molecular formula is C22H21F3N4O3. The fourth-order valence-corrected chi connectivity index (χ4v) is 2.99. The first-order chi connectivity index (χ1) is 15.0. The third-order valence-corrected chi connectivity index (χ3v) is 4.66. The van der Waals surface area contributed by atoms with E-state index < -0.39 is 24.3 Å². The number of alkyl halides is 3. The summed E-state index contributed by atoms with van der Waals surface area (Å²) in [7, 11) is 0. The Kier molecular flexibility index (Phi) is 6.64. The van der Waals surface area contributed by atoms with Crippen molar-refractivity contribution in [2.45, 2.75) is 31.7 Å². The number of rotatable bonds is 7. The lowest BCUT2D eigenvalue weighted by atomic mass is 10.0. The van der Waals surface area contributed by atoms with E-state index in [4.69, 9.17) is 21.3 Å². The van der Waals surface area contributed by atoms with Gasteiger partial charge in [-0.3, -0.25) is 4.79 Å². The lowest BCUT2D eigenvalue weighted by molar-refractivity contribution is -0.198. The van der Waals surface area contributed by atoms with Crippen LogP contribution in [0, 0.1) is 6.92 Å². The number of hydrogen-bond acceptors (Lipinski definition) is 6. The molecule has 3 aromatic rings. The summed E-state index contributed by atoms with van der Waals surface area (Å²) in [5.41, 5.74) is 13.5. The van der Waals surface area contributed by atoms with Crippen molar-refractivity contribution < 1.29 is 27.8 Å². The van der Waals surface area contributed by atoms with Crippen molar-refractivity contribution in [2.75, 3.05) is 5.73 Å². The highest BCUT2D eigenvalue weighted by molar-refractivity contribution is 5.73. The van der Waals surface area contributed by atoms with Crippen LogP contribution < -0.4 is 16.2 Å². The number of halogens is 3. The van der Waals surface area contributed by atoms with Gasteiger partial charge >= 0.3 is 12.1 Å². The Balaban J connectivity index is 1.87. The van der Waals surface area contributed by atoms with Gasteiger partial charge in [-0.15, -0.1) is 0 Å². The minimum absolute atomic E-state index is 0.0686. The normalized spacial score (nSPS) is 13.4. The van der Waals surface area contributed by atoms with Crippen LogP contribution in [0.15, 0.2) is 54.6 Å². The average Bonchev–Trinajstić information content (AvgIpc) is 2.72. The summed E-state index contributed by atoms with van der Waals surface area (Å²) >= 11 is 0. The number of aliphatic carboxylic acids is 1. The van der Waals surface area contributed by atoms with Crippen LogP contribution in [0.3, 0.4) is 0 Å². The molecule has 0 radical (unpaired) electrons. The van der Waals surface area contributed by atoms with Gasteiger partial charge < -0.3 is 21.3 Å². The maximum absolute atomic E-state index is 13.7. The summed E-state index contributed by atoms with van der Waals surface area (Å²) in [6.07, 6.45) is -6.79. The minimum Gasteiger partial charge on any atom is -0.480 e. The predicted molar refractivity (Wildman–Crippen MR) is 112 cm³/mol. The minimum atomic E-state index is -4.68. The lowest BCUT2D eigenvalue weighted by Crippen LogP contribution is -2.32. The number of carboxylic acid groups (broad SMARTS) is 1. The molecule has 1 heterocycles. The predicted octanol–water partition coefficient (Wildman–Crippen LogP) is 3.67. The van der Waals surface area contributed by atoms with Gasteiger partial charge in [0.1, 0.15) is 6.04 Å². The molecule has 3 rings (SSSR count). The summed E-state index contributed by atoms with van der Waals surface area (Å²) < 4.78 is 46.2. The highest BCUT2D eigenvalue weighted by atomic mass is 19.4. The Hall–Kier alpha value is -3.66. The number of ether oxygens (including phenoxy) is 1. The van der Waals surface area contributed by atoms with Crippen LogP contribution in [0.2, 0.25) is 0 Å². The molecular weight excluding hydrogens is 425 g/mol. The number of nitrogen functional groups attached to an aromatic ring is 1. The Bertz CT molecular complexity index is 1090. The van der Waals surface area contributed by atoms with E-state index in [1.807, 2.05) is 0 Å². The summed E-state index contributed by atoms with van der Waals surface area (Å²) in [6.45, 7) is 1.77. The molecule has 0 saturated carbocycles. The Labute approximate surface area is 181 Å². The lowest BCUT2D eigenvalue weighted by Gasteiger charge is -2.22. The molecule has 32 heavy (non-hydrogen) atoms. The quantitative estimate of drug-likeness (QED) is 0.506. The third-order valence-electron chi connectivity index (χ3n) is 4.66. The molecule has 2 atom stereocenters. The second kappa shape index (κ2) is 9.23. The van der Waals surface area contributed by atoms with Crippen molar-refractivity contribution >= 4 is 11.9 Å². The highest BCUT2D eigenvalue weighted by Gasteiger charge is 2.43. The average molecular weight is 446 g/mol. The van der Waals surface area contributed by atoms with Crippen molar-refractivity contribution in [1.82, 2.24) is 9.97 Å². The monoisotopic (exact) mass is 446 g/mol. The fourth-order valence-electron chi connectivity index (χ4n) is 2.99. The first kappa shape index (κ1) is 23.0. The van der Waals surface area contributed by atoms with Crippen LogP contribution in [-0.4, -0.2) is 33.3 Å². The molecule has 10 heteroatoms. The van der Waals surface area contributed by atoms with Gasteiger partial charge in [0.15, 0.2) is 0 Å². The summed E-state index contributed by atoms with van der Waals surface area (Å²) in [4.78, 5) is 18.8. The van der Waals surface area contributed by atoms with E-state index in [1.165, 1.54) is 18.2 Å². The maximum atomic E-state index is 13.7. The largest absolute Gasteiger partial charge is 0.480 e. The van der Waals surface area contributed by atoms with E-state index in [-0.39, 0.29) is 29.5 Å². The molecule has 1 aromatic heterocycles. The zero-order valence-corrected chi connectivity index (χ0v) is 17.0. The van der Waals surface area contributed by atoms with Gasteiger partial charge in [-0.25, -0.2) is 4.98 Å². The first-order valence-corrected chi connectivity index (χ1v) is 9.55. The number of aryl methyl sites for hydroxylation is 1. The number of carboxylic acids is 1. The third kappa shape index (κ3) is 5.73. The van der Waals surface area contributed by atoms with E-state index in [0.29, 0.717) is 11.1 Å². The summed E-state index contributed by atoms with van der Waals surface area (Å²) in [5.74, 6) is -1.70. The molecule has 168 valence electrons. The molecule has 0 spiro atoms. The Morgan fingerprint density at radius 3 is 2.28 bits per heavy atom.